The highest BCUT2D eigenvalue weighted by atomic mass is 16.5. The van der Waals surface area contributed by atoms with E-state index in [1.807, 2.05) is 18.2 Å². The van der Waals surface area contributed by atoms with Crippen LogP contribution in [0.15, 0.2) is 18.2 Å². The SMILES string of the molecule is COc1cccc2c1C[C@H](N)CO2.O=C(O)[C@H](O)[C@@H](O)C(=O)O. The van der Waals surface area contributed by atoms with Gasteiger partial charge in [0.2, 0.25) is 0 Å². The van der Waals surface area contributed by atoms with E-state index in [0.717, 1.165) is 23.5 Å². The Kier molecular flexibility index (Phi) is 6.76. The minimum atomic E-state index is -2.27. The van der Waals surface area contributed by atoms with Crippen LogP contribution in [0, 0.1) is 0 Å². The Morgan fingerprint density at radius 2 is 1.83 bits per heavy atom. The number of fused-ring (bicyclic) bond motifs is 1. The van der Waals surface area contributed by atoms with Gasteiger partial charge in [0.25, 0.3) is 0 Å². The standard InChI is InChI=1S/C10H13NO2.C4H6O6/c1-12-9-3-2-4-10-8(9)5-7(11)6-13-10;5-1(3(7)8)2(6)4(9)10/h2-4,7H,5-6,11H2,1H3;1-2,5-6H,(H,7,8)(H,9,10)/t7-;1-,2-/m01/s1. The van der Waals surface area contributed by atoms with E-state index in [4.69, 9.17) is 35.6 Å². The highest BCUT2D eigenvalue weighted by Crippen LogP contribution is 2.31. The maximum Gasteiger partial charge on any atom is 0.335 e. The van der Waals surface area contributed by atoms with Gasteiger partial charge in [-0.05, 0) is 18.6 Å². The first kappa shape index (κ1) is 18.7. The lowest BCUT2D eigenvalue weighted by atomic mass is 10.0. The molecule has 0 saturated heterocycles. The molecule has 0 fully saturated rings. The summed E-state index contributed by atoms with van der Waals surface area (Å²) in [5, 5.41) is 32.5. The van der Waals surface area contributed by atoms with Crippen LogP contribution in [-0.2, 0) is 16.0 Å². The van der Waals surface area contributed by atoms with Crippen molar-refractivity contribution < 1.29 is 39.5 Å². The van der Waals surface area contributed by atoms with E-state index < -0.39 is 24.1 Å². The molecule has 128 valence electrons. The second-order valence-electron chi connectivity index (χ2n) is 4.78. The summed E-state index contributed by atoms with van der Waals surface area (Å²) in [4.78, 5) is 19.5. The number of rotatable bonds is 4. The van der Waals surface area contributed by atoms with Crippen molar-refractivity contribution in [3.8, 4) is 11.5 Å². The van der Waals surface area contributed by atoms with Crippen LogP contribution in [0.5, 0.6) is 11.5 Å². The predicted octanol–water partition coefficient (Wildman–Crippen LogP) is -1.17. The minimum Gasteiger partial charge on any atom is -0.496 e. The van der Waals surface area contributed by atoms with Crippen molar-refractivity contribution in [1.29, 1.82) is 0 Å². The zero-order chi connectivity index (χ0) is 17.6. The maximum atomic E-state index is 9.77. The topological polar surface area (TPSA) is 160 Å². The fraction of sp³-hybridized carbons (Fsp3) is 0.429. The maximum absolute atomic E-state index is 9.77. The molecule has 0 aliphatic carbocycles. The van der Waals surface area contributed by atoms with Gasteiger partial charge in [-0.15, -0.1) is 0 Å². The van der Waals surface area contributed by atoms with Crippen LogP contribution < -0.4 is 15.2 Å². The van der Waals surface area contributed by atoms with Crippen molar-refractivity contribution in [2.45, 2.75) is 24.7 Å². The number of hydrogen-bond acceptors (Lipinski definition) is 7. The van der Waals surface area contributed by atoms with Crippen LogP contribution >= 0.6 is 0 Å². The number of carbonyl (C=O) groups is 2. The minimum absolute atomic E-state index is 0.0869. The Bertz CT molecular complexity index is 529. The number of nitrogens with two attached hydrogens (primary N) is 1. The molecule has 9 heteroatoms. The van der Waals surface area contributed by atoms with Crippen LogP contribution in [0.25, 0.3) is 0 Å². The van der Waals surface area contributed by atoms with Crippen molar-refractivity contribution in [2.24, 2.45) is 5.73 Å². The smallest absolute Gasteiger partial charge is 0.335 e. The Labute approximate surface area is 131 Å². The molecule has 3 atom stereocenters. The molecule has 0 spiro atoms. The summed E-state index contributed by atoms with van der Waals surface area (Å²) in [5.41, 5.74) is 6.88. The van der Waals surface area contributed by atoms with Gasteiger partial charge in [0.1, 0.15) is 18.1 Å². The number of carboxylic acids is 2. The van der Waals surface area contributed by atoms with Gasteiger partial charge in [0.15, 0.2) is 12.2 Å². The molecular weight excluding hydrogens is 310 g/mol. The first-order valence-electron chi connectivity index (χ1n) is 6.64. The molecular formula is C14H19NO8. The molecule has 1 aromatic rings. The average molecular weight is 329 g/mol. The second-order valence-corrected chi connectivity index (χ2v) is 4.78. The van der Waals surface area contributed by atoms with Crippen molar-refractivity contribution in [3.05, 3.63) is 23.8 Å². The molecule has 0 amide bonds. The third-order valence-electron chi connectivity index (χ3n) is 3.03. The molecule has 1 aromatic carbocycles. The van der Waals surface area contributed by atoms with Gasteiger partial charge in [-0.3, -0.25) is 0 Å². The Hall–Kier alpha value is -2.36. The summed E-state index contributed by atoms with van der Waals surface area (Å²) >= 11 is 0. The zero-order valence-corrected chi connectivity index (χ0v) is 12.4. The first-order valence-corrected chi connectivity index (χ1v) is 6.64. The van der Waals surface area contributed by atoms with Crippen LogP contribution in [0.4, 0.5) is 0 Å². The monoisotopic (exact) mass is 329 g/mol. The molecule has 0 unspecified atom stereocenters. The van der Waals surface area contributed by atoms with E-state index in [9.17, 15) is 9.59 Å². The van der Waals surface area contributed by atoms with Crippen LogP contribution in [0.2, 0.25) is 0 Å². The highest BCUT2D eigenvalue weighted by Gasteiger charge is 2.29. The van der Waals surface area contributed by atoms with Crippen molar-refractivity contribution in [2.75, 3.05) is 13.7 Å². The lowest BCUT2D eigenvalue weighted by Crippen LogP contribution is -2.39. The molecule has 0 bridgehead atoms. The normalized spacial score (nSPS) is 18.3. The molecule has 23 heavy (non-hydrogen) atoms. The molecule has 0 aromatic heterocycles. The highest BCUT2D eigenvalue weighted by molar-refractivity contribution is 5.83. The van der Waals surface area contributed by atoms with E-state index in [1.165, 1.54) is 0 Å². The van der Waals surface area contributed by atoms with E-state index in [2.05, 4.69) is 0 Å². The summed E-state index contributed by atoms with van der Waals surface area (Å²) in [6, 6.07) is 5.89. The predicted molar refractivity (Wildman–Crippen MR) is 77.5 cm³/mol. The van der Waals surface area contributed by atoms with Gasteiger partial charge in [-0.25, -0.2) is 9.59 Å². The Balaban J connectivity index is 0.000000241. The van der Waals surface area contributed by atoms with Gasteiger partial charge in [0.05, 0.1) is 7.11 Å². The van der Waals surface area contributed by atoms with Gasteiger partial charge in [-0.1, -0.05) is 6.07 Å². The third kappa shape index (κ3) is 5.09. The fourth-order valence-electron chi connectivity index (χ4n) is 1.86. The zero-order valence-electron chi connectivity index (χ0n) is 12.4. The molecule has 2 rings (SSSR count). The number of aliphatic hydroxyl groups excluding tert-OH is 2. The van der Waals surface area contributed by atoms with Crippen LogP contribution in [-0.4, -0.2) is 64.3 Å². The quantitative estimate of drug-likeness (QED) is 0.459. The van der Waals surface area contributed by atoms with E-state index in [1.54, 1.807) is 7.11 Å². The molecule has 1 heterocycles. The molecule has 0 saturated carbocycles. The molecule has 1 aliphatic rings. The number of aliphatic carboxylic acids is 2. The fourth-order valence-corrected chi connectivity index (χ4v) is 1.86. The number of aliphatic hydroxyl groups is 2. The molecule has 9 nitrogen and oxygen atoms in total. The lowest BCUT2D eigenvalue weighted by Gasteiger charge is -2.23. The van der Waals surface area contributed by atoms with Crippen LogP contribution in [0.3, 0.4) is 0 Å². The number of benzene rings is 1. The number of ether oxygens (including phenoxy) is 2. The summed E-state index contributed by atoms with van der Waals surface area (Å²) < 4.78 is 10.7. The Morgan fingerprint density at radius 3 is 2.30 bits per heavy atom. The average Bonchev–Trinajstić information content (AvgIpc) is 2.53. The van der Waals surface area contributed by atoms with Crippen molar-refractivity contribution >= 4 is 11.9 Å². The van der Waals surface area contributed by atoms with Gasteiger partial charge < -0.3 is 35.6 Å². The summed E-state index contributed by atoms with van der Waals surface area (Å²) in [7, 11) is 1.66. The van der Waals surface area contributed by atoms with Gasteiger partial charge in [-0.2, -0.15) is 0 Å². The van der Waals surface area contributed by atoms with Crippen LogP contribution in [0.1, 0.15) is 5.56 Å². The van der Waals surface area contributed by atoms with E-state index >= 15 is 0 Å². The molecule has 6 N–H and O–H groups in total. The first-order chi connectivity index (χ1) is 10.8. The summed E-state index contributed by atoms with van der Waals surface area (Å²) in [6.07, 6.45) is -3.70. The van der Waals surface area contributed by atoms with Gasteiger partial charge in [0, 0.05) is 11.6 Å². The number of hydrogen-bond donors (Lipinski definition) is 5. The summed E-state index contributed by atoms with van der Waals surface area (Å²) in [6.45, 7) is 0.597. The van der Waals surface area contributed by atoms with E-state index in [0.29, 0.717) is 6.61 Å². The van der Waals surface area contributed by atoms with Crippen molar-refractivity contribution in [3.63, 3.8) is 0 Å². The van der Waals surface area contributed by atoms with Gasteiger partial charge >= 0.3 is 11.9 Å². The third-order valence-corrected chi connectivity index (χ3v) is 3.03. The number of carboxylic acid groups (broad SMARTS) is 2. The summed E-state index contributed by atoms with van der Waals surface area (Å²) in [5.74, 6) is -1.77. The molecule has 1 aliphatic heterocycles. The Morgan fingerprint density at radius 1 is 1.26 bits per heavy atom. The number of methoxy groups -OCH3 is 1. The lowest BCUT2D eigenvalue weighted by molar-refractivity contribution is -0.165. The van der Waals surface area contributed by atoms with E-state index in [-0.39, 0.29) is 6.04 Å². The largest absolute Gasteiger partial charge is 0.496 e. The second kappa shape index (κ2) is 8.32. The molecule has 0 radical (unpaired) electrons. The van der Waals surface area contributed by atoms with Crippen molar-refractivity contribution in [1.82, 2.24) is 0 Å².